The van der Waals surface area contributed by atoms with Gasteiger partial charge in [-0.15, -0.1) is 0 Å². The van der Waals surface area contributed by atoms with Gasteiger partial charge in [-0.1, -0.05) is 23.4 Å². The van der Waals surface area contributed by atoms with Crippen LogP contribution in [0.1, 0.15) is 68.1 Å². The van der Waals surface area contributed by atoms with Gasteiger partial charge in [0, 0.05) is 12.2 Å². The van der Waals surface area contributed by atoms with E-state index in [1.165, 1.54) is 24.3 Å². The van der Waals surface area contributed by atoms with E-state index < -0.39 is 17.5 Å². The van der Waals surface area contributed by atoms with E-state index in [9.17, 15) is 13.2 Å². The molecule has 1 nitrogen and oxygen atoms in total. The molecule has 0 radical (unpaired) electrons. The Balaban J connectivity index is 1.48. The first kappa shape index (κ1) is 22.2. The summed E-state index contributed by atoms with van der Waals surface area (Å²) >= 11 is 5.65. The molecule has 4 unspecified atom stereocenters. The Hall–Kier alpha value is -1.96. The fraction of sp³-hybridized carbons (Fsp3) is 0.462. The molecule has 2 aromatic carbocycles. The lowest BCUT2D eigenvalue weighted by molar-refractivity contribution is -0.00957. The number of fused-ring (bicyclic) bond motifs is 1. The molecular weight excluding hydrogens is 421 g/mol. The molecule has 2 aliphatic rings. The first-order chi connectivity index (χ1) is 14.9. The van der Waals surface area contributed by atoms with Crippen molar-refractivity contribution < 1.29 is 17.9 Å². The first-order valence-electron chi connectivity index (χ1n) is 11.0. The molecule has 164 valence electrons. The second kappa shape index (κ2) is 9.67. The fourth-order valence-corrected chi connectivity index (χ4v) is 5.31. The second-order valence-electron chi connectivity index (χ2n) is 8.66. The molecule has 0 saturated heterocycles. The topological polar surface area (TPSA) is 9.23 Å². The van der Waals surface area contributed by atoms with Crippen LogP contribution in [0, 0.1) is 41.1 Å². The number of hydrogen-bond acceptors (Lipinski definition) is 1. The van der Waals surface area contributed by atoms with E-state index in [0.29, 0.717) is 29.1 Å². The van der Waals surface area contributed by atoms with Gasteiger partial charge in [0.1, 0.15) is 17.5 Å². The van der Waals surface area contributed by atoms with Gasteiger partial charge in [0.15, 0.2) is 0 Å². The van der Waals surface area contributed by atoms with Crippen LogP contribution in [0.5, 0.6) is 0 Å². The molecule has 31 heavy (non-hydrogen) atoms. The van der Waals surface area contributed by atoms with Gasteiger partial charge >= 0.3 is 0 Å². The molecule has 0 spiro atoms. The molecule has 0 aliphatic heterocycles. The zero-order chi connectivity index (χ0) is 22.0. The van der Waals surface area contributed by atoms with Gasteiger partial charge in [-0.2, -0.15) is 0 Å². The van der Waals surface area contributed by atoms with Crippen molar-refractivity contribution >= 4 is 11.6 Å². The van der Waals surface area contributed by atoms with E-state index in [1.54, 1.807) is 0 Å². The SMILES string of the molecule is CCOC1CCC2CC(c3cc(F)c(C#Cc4ccc(Cl)c(F)c4)c(F)c3)CCC2C1. The number of hydrogen-bond donors (Lipinski definition) is 0. The van der Waals surface area contributed by atoms with Crippen molar-refractivity contribution in [3.63, 3.8) is 0 Å². The number of halogens is 4. The predicted molar refractivity (Wildman–Crippen MR) is 117 cm³/mol. The summed E-state index contributed by atoms with van der Waals surface area (Å²) in [5, 5.41) is -0.0200. The molecule has 4 atom stereocenters. The van der Waals surface area contributed by atoms with E-state index in [1.807, 2.05) is 6.92 Å². The maximum Gasteiger partial charge on any atom is 0.143 e. The average Bonchev–Trinajstić information content (AvgIpc) is 2.75. The molecule has 0 heterocycles. The van der Waals surface area contributed by atoms with Crippen molar-refractivity contribution in [3.05, 3.63) is 69.5 Å². The molecule has 2 fully saturated rings. The molecule has 2 aliphatic carbocycles. The predicted octanol–water partition coefficient (Wildman–Crippen LogP) is 7.25. The normalized spacial score (nSPS) is 25.5. The van der Waals surface area contributed by atoms with Crippen molar-refractivity contribution in [1.82, 2.24) is 0 Å². The number of benzene rings is 2. The van der Waals surface area contributed by atoms with Crippen molar-refractivity contribution in [2.45, 2.75) is 57.5 Å². The first-order valence-corrected chi connectivity index (χ1v) is 11.4. The summed E-state index contributed by atoms with van der Waals surface area (Å²) in [7, 11) is 0. The Kier molecular flexibility index (Phi) is 6.94. The van der Waals surface area contributed by atoms with Gasteiger partial charge in [-0.25, -0.2) is 13.2 Å². The summed E-state index contributed by atoms with van der Waals surface area (Å²) in [5.74, 6) is 4.60. The summed E-state index contributed by atoms with van der Waals surface area (Å²) in [6.45, 7) is 2.79. The highest BCUT2D eigenvalue weighted by Gasteiger charge is 2.36. The van der Waals surface area contributed by atoms with E-state index in [2.05, 4.69) is 11.8 Å². The van der Waals surface area contributed by atoms with Crippen molar-refractivity contribution in [2.75, 3.05) is 6.61 Å². The Labute approximate surface area is 186 Å². The van der Waals surface area contributed by atoms with E-state index in [-0.39, 0.29) is 16.5 Å². The van der Waals surface area contributed by atoms with Crippen LogP contribution < -0.4 is 0 Å². The minimum absolute atomic E-state index is 0.0200. The zero-order valence-electron chi connectivity index (χ0n) is 17.6. The van der Waals surface area contributed by atoms with Crippen LogP contribution >= 0.6 is 11.6 Å². The average molecular weight is 447 g/mol. The fourth-order valence-electron chi connectivity index (χ4n) is 5.19. The third-order valence-electron chi connectivity index (χ3n) is 6.75. The standard InChI is InChI=1S/C26H26ClF3O/c1-2-31-21-8-7-17-12-18(5-6-19(17)13-21)20-14-24(28)22(25(29)15-20)9-3-16-4-10-23(27)26(30)11-16/h4,10-11,14-15,17-19,21H,2,5-8,12-13H2,1H3. The van der Waals surface area contributed by atoms with E-state index in [4.69, 9.17) is 16.3 Å². The molecule has 5 heteroatoms. The van der Waals surface area contributed by atoms with Crippen LogP contribution in [0.25, 0.3) is 0 Å². The molecule has 0 bridgehead atoms. The maximum absolute atomic E-state index is 14.7. The van der Waals surface area contributed by atoms with Gasteiger partial charge in [0.05, 0.1) is 16.7 Å². The molecular formula is C26H26ClF3O. The highest BCUT2D eigenvalue weighted by molar-refractivity contribution is 6.30. The Morgan fingerprint density at radius 2 is 1.61 bits per heavy atom. The number of rotatable bonds is 3. The summed E-state index contributed by atoms with van der Waals surface area (Å²) < 4.78 is 48.8. The minimum atomic E-state index is -0.667. The highest BCUT2D eigenvalue weighted by Crippen LogP contribution is 2.46. The van der Waals surface area contributed by atoms with Gasteiger partial charge in [0.25, 0.3) is 0 Å². The molecule has 0 N–H and O–H groups in total. The van der Waals surface area contributed by atoms with Crippen LogP contribution in [-0.4, -0.2) is 12.7 Å². The lowest BCUT2D eigenvalue weighted by atomic mass is 9.65. The van der Waals surface area contributed by atoms with Crippen molar-refractivity contribution in [3.8, 4) is 11.8 Å². The van der Waals surface area contributed by atoms with E-state index in [0.717, 1.165) is 51.2 Å². The van der Waals surface area contributed by atoms with Gasteiger partial charge in [0.2, 0.25) is 0 Å². The summed E-state index contributed by atoms with van der Waals surface area (Å²) in [6, 6.07) is 6.88. The molecule has 2 aromatic rings. The smallest absolute Gasteiger partial charge is 0.143 e. The van der Waals surface area contributed by atoms with Crippen LogP contribution in [0.2, 0.25) is 5.02 Å². The van der Waals surface area contributed by atoms with Crippen LogP contribution in [0.15, 0.2) is 30.3 Å². The van der Waals surface area contributed by atoms with Crippen LogP contribution in [0.3, 0.4) is 0 Å². The van der Waals surface area contributed by atoms with Crippen LogP contribution in [0.4, 0.5) is 13.2 Å². The molecule has 4 rings (SSSR count). The summed E-state index contributed by atoms with van der Waals surface area (Å²) in [4.78, 5) is 0. The second-order valence-corrected chi connectivity index (χ2v) is 9.07. The monoisotopic (exact) mass is 446 g/mol. The molecule has 2 saturated carbocycles. The summed E-state index contributed by atoms with van der Waals surface area (Å²) in [6.07, 6.45) is 6.65. The Bertz CT molecular complexity index is 986. The third-order valence-corrected chi connectivity index (χ3v) is 7.06. The lowest BCUT2D eigenvalue weighted by Crippen LogP contribution is -2.33. The largest absolute Gasteiger partial charge is 0.378 e. The minimum Gasteiger partial charge on any atom is -0.378 e. The van der Waals surface area contributed by atoms with Gasteiger partial charge in [-0.3, -0.25) is 0 Å². The Morgan fingerprint density at radius 1 is 0.903 bits per heavy atom. The lowest BCUT2D eigenvalue weighted by Gasteiger charge is -2.42. The summed E-state index contributed by atoms with van der Waals surface area (Å²) in [5.41, 5.74) is 0.735. The van der Waals surface area contributed by atoms with Gasteiger partial charge in [-0.05, 0) is 99.1 Å². The van der Waals surface area contributed by atoms with Gasteiger partial charge < -0.3 is 4.74 Å². The quantitative estimate of drug-likeness (QED) is 0.451. The van der Waals surface area contributed by atoms with Crippen molar-refractivity contribution in [2.24, 2.45) is 11.8 Å². The van der Waals surface area contributed by atoms with Crippen molar-refractivity contribution in [1.29, 1.82) is 0 Å². The Morgan fingerprint density at radius 3 is 2.32 bits per heavy atom. The van der Waals surface area contributed by atoms with E-state index >= 15 is 0 Å². The molecule has 0 amide bonds. The third kappa shape index (κ3) is 5.10. The highest BCUT2D eigenvalue weighted by atomic mass is 35.5. The van der Waals surface area contributed by atoms with Crippen LogP contribution in [-0.2, 0) is 4.74 Å². The zero-order valence-corrected chi connectivity index (χ0v) is 18.3. The molecule has 0 aromatic heterocycles. The number of ether oxygens (including phenoxy) is 1. The maximum atomic E-state index is 14.7.